The van der Waals surface area contributed by atoms with E-state index in [1.807, 2.05) is 12.4 Å². The molecular weight excluding hydrogens is 277 g/mol. The molecular formula is C16H26BN3O2. The van der Waals surface area contributed by atoms with E-state index in [-0.39, 0.29) is 18.3 Å². The number of nitrogens with zero attached hydrogens (tertiary/aromatic N) is 3. The van der Waals surface area contributed by atoms with Gasteiger partial charge in [-0.1, -0.05) is 0 Å². The maximum absolute atomic E-state index is 6.20. The maximum atomic E-state index is 6.20. The van der Waals surface area contributed by atoms with E-state index in [1.165, 1.54) is 5.69 Å². The highest BCUT2D eigenvalue weighted by atomic mass is 16.7. The SMILES string of the molecule is CN1CCN(c2ccncc2B2OC(C)(C)C(C)(C)O2)CC1. The minimum Gasteiger partial charge on any atom is -0.399 e. The Hall–Kier alpha value is -1.11. The standard InChI is InChI=1S/C16H26BN3O2/c1-15(2)16(3,4)22-17(21-15)13-12-18-7-6-14(13)20-10-8-19(5)9-11-20/h6-7,12H,8-11H2,1-5H3. The molecule has 3 rings (SSSR count). The Balaban J connectivity index is 1.87. The Morgan fingerprint density at radius 1 is 1.05 bits per heavy atom. The molecule has 6 heteroatoms. The number of likely N-dealkylation sites (N-methyl/N-ethyl adjacent to an activating group) is 1. The van der Waals surface area contributed by atoms with Gasteiger partial charge in [-0.3, -0.25) is 4.98 Å². The van der Waals surface area contributed by atoms with Crippen LogP contribution in [0.1, 0.15) is 27.7 Å². The molecule has 0 radical (unpaired) electrons. The van der Waals surface area contributed by atoms with Crippen LogP contribution >= 0.6 is 0 Å². The van der Waals surface area contributed by atoms with Crippen LogP contribution in [0.2, 0.25) is 0 Å². The second kappa shape index (κ2) is 5.51. The quantitative estimate of drug-likeness (QED) is 0.766. The smallest absolute Gasteiger partial charge is 0.399 e. The summed E-state index contributed by atoms with van der Waals surface area (Å²) < 4.78 is 12.4. The Kier molecular flexibility index (Phi) is 3.95. The molecule has 0 bridgehead atoms. The Morgan fingerprint density at radius 3 is 2.23 bits per heavy atom. The predicted molar refractivity (Wildman–Crippen MR) is 89.7 cm³/mol. The summed E-state index contributed by atoms with van der Waals surface area (Å²) in [7, 11) is 1.81. The van der Waals surface area contributed by atoms with E-state index >= 15 is 0 Å². The molecule has 0 atom stereocenters. The molecule has 1 aromatic heterocycles. The minimum atomic E-state index is -0.353. The van der Waals surface area contributed by atoms with Crippen LogP contribution in [0, 0.1) is 0 Å². The second-order valence-electron chi connectivity index (χ2n) is 7.31. The maximum Gasteiger partial charge on any atom is 0.498 e. The fourth-order valence-corrected chi connectivity index (χ4v) is 2.89. The summed E-state index contributed by atoms with van der Waals surface area (Å²) in [5.41, 5.74) is 1.56. The van der Waals surface area contributed by atoms with Gasteiger partial charge in [-0.25, -0.2) is 0 Å². The molecule has 5 nitrogen and oxygen atoms in total. The largest absolute Gasteiger partial charge is 0.498 e. The van der Waals surface area contributed by atoms with Gasteiger partial charge in [0, 0.05) is 49.7 Å². The highest BCUT2D eigenvalue weighted by Crippen LogP contribution is 2.37. The van der Waals surface area contributed by atoms with Crippen molar-refractivity contribution in [3.05, 3.63) is 18.5 Å². The Bertz CT molecular complexity index is 526. The molecule has 0 N–H and O–H groups in total. The zero-order chi connectivity index (χ0) is 16.0. The van der Waals surface area contributed by atoms with Gasteiger partial charge in [0.25, 0.3) is 0 Å². The van der Waals surface area contributed by atoms with E-state index in [1.54, 1.807) is 0 Å². The summed E-state index contributed by atoms with van der Waals surface area (Å²) in [6.07, 6.45) is 3.73. The third-order valence-electron chi connectivity index (χ3n) is 5.18. The van der Waals surface area contributed by atoms with Gasteiger partial charge in [0.2, 0.25) is 0 Å². The van der Waals surface area contributed by atoms with Crippen molar-refractivity contribution >= 4 is 18.3 Å². The fraction of sp³-hybridized carbons (Fsp3) is 0.688. The minimum absolute atomic E-state index is 0.326. The molecule has 1 aromatic rings. The predicted octanol–water partition coefficient (Wildman–Crippen LogP) is 1.13. The Labute approximate surface area is 133 Å². The number of rotatable bonds is 2. The van der Waals surface area contributed by atoms with Gasteiger partial charge in [-0.15, -0.1) is 0 Å². The summed E-state index contributed by atoms with van der Waals surface area (Å²) in [5.74, 6) is 0. The van der Waals surface area contributed by atoms with Gasteiger partial charge < -0.3 is 19.1 Å². The highest BCUT2D eigenvalue weighted by molar-refractivity contribution is 6.63. The second-order valence-corrected chi connectivity index (χ2v) is 7.31. The summed E-state index contributed by atoms with van der Waals surface area (Å²) in [6, 6.07) is 2.08. The lowest BCUT2D eigenvalue weighted by molar-refractivity contribution is 0.00578. The van der Waals surface area contributed by atoms with Crippen LogP contribution in [0.25, 0.3) is 0 Å². The first-order valence-corrected chi connectivity index (χ1v) is 8.03. The van der Waals surface area contributed by atoms with Gasteiger partial charge in [-0.2, -0.15) is 0 Å². The van der Waals surface area contributed by atoms with Crippen LogP contribution in [0.3, 0.4) is 0 Å². The average Bonchev–Trinajstić information content (AvgIpc) is 2.68. The molecule has 0 amide bonds. The summed E-state index contributed by atoms with van der Waals surface area (Å²) in [4.78, 5) is 9.06. The first-order chi connectivity index (χ1) is 10.3. The number of pyridine rings is 1. The van der Waals surface area contributed by atoms with Crippen LogP contribution in [-0.2, 0) is 9.31 Å². The monoisotopic (exact) mass is 303 g/mol. The molecule has 0 aliphatic carbocycles. The molecule has 3 heterocycles. The van der Waals surface area contributed by atoms with Gasteiger partial charge in [-0.05, 0) is 40.8 Å². The van der Waals surface area contributed by atoms with Crippen LogP contribution in [0.5, 0.6) is 0 Å². The van der Waals surface area contributed by atoms with Crippen LogP contribution < -0.4 is 10.4 Å². The van der Waals surface area contributed by atoms with E-state index < -0.39 is 0 Å². The van der Waals surface area contributed by atoms with Crippen LogP contribution in [-0.4, -0.2) is 61.4 Å². The third kappa shape index (κ3) is 2.75. The lowest BCUT2D eigenvalue weighted by Gasteiger charge is -2.35. The van der Waals surface area contributed by atoms with Gasteiger partial charge in [0.05, 0.1) is 11.2 Å². The average molecular weight is 303 g/mol. The molecule has 120 valence electrons. The van der Waals surface area contributed by atoms with E-state index in [4.69, 9.17) is 9.31 Å². The van der Waals surface area contributed by atoms with Crippen molar-refractivity contribution in [2.24, 2.45) is 0 Å². The van der Waals surface area contributed by atoms with Crippen LogP contribution in [0.4, 0.5) is 5.69 Å². The highest BCUT2D eigenvalue weighted by Gasteiger charge is 2.52. The first kappa shape index (κ1) is 15.8. The van der Waals surface area contributed by atoms with Crippen molar-refractivity contribution in [1.82, 2.24) is 9.88 Å². The fourth-order valence-electron chi connectivity index (χ4n) is 2.89. The van der Waals surface area contributed by atoms with Crippen molar-refractivity contribution in [1.29, 1.82) is 0 Å². The molecule has 0 spiro atoms. The first-order valence-electron chi connectivity index (χ1n) is 8.03. The lowest BCUT2D eigenvalue weighted by atomic mass is 9.78. The molecule has 2 saturated heterocycles. The number of piperazine rings is 1. The molecule has 0 saturated carbocycles. The van der Waals surface area contributed by atoms with Gasteiger partial charge in [0.1, 0.15) is 0 Å². The summed E-state index contributed by atoms with van der Waals surface area (Å²) >= 11 is 0. The molecule has 0 unspecified atom stereocenters. The van der Waals surface area contributed by atoms with E-state index in [2.05, 4.69) is 55.6 Å². The van der Waals surface area contributed by atoms with Crippen molar-refractivity contribution in [3.8, 4) is 0 Å². The Morgan fingerprint density at radius 2 is 1.64 bits per heavy atom. The molecule has 2 aliphatic heterocycles. The number of hydrogen-bond acceptors (Lipinski definition) is 5. The number of aromatic nitrogens is 1. The van der Waals surface area contributed by atoms with E-state index in [9.17, 15) is 0 Å². The van der Waals surface area contributed by atoms with Gasteiger partial charge >= 0.3 is 7.12 Å². The van der Waals surface area contributed by atoms with Gasteiger partial charge in [0.15, 0.2) is 0 Å². The van der Waals surface area contributed by atoms with Crippen molar-refractivity contribution in [3.63, 3.8) is 0 Å². The molecule has 22 heavy (non-hydrogen) atoms. The summed E-state index contributed by atoms with van der Waals surface area (Å²) in [5, 5.41) is 0. The topological polar surface area (TPSA) is 37.8 Å². The number of hydrogen-bond donors (Lipinski definition) is 0. The van der Waals surface area contributed by atoms with Crippen LogP contribution in [0.15, 0.2) is 18.5 Å². The van der Waals surface area contributed by atoms with E-state index in [0.29, 0.717) is 0 Å². The van der Waals surface area contributed by atoms with Crippen molar-refractivity contribution < 1.29 is 9.31 Å². The lowest BCUT2D eigenvalue weighted by Crippen LogP contribution is -2.48. The number of anilines is 1. The van der Waals surface area contributed by atoms with Crippen molar-refractivity contribution in [2.45, 2.75) is 38.9 Å². The summed E-state index contributed by atoms with van der Waals surface area (Å²) in [6.45, 7) is 12.5. The normalized spacial score (nSPS) is 24.8. The molecule has 0 aromatic carbocycles. The third-order valence-corrected chi connectivity index (χ3v) is 5.18. The zero-order valence-electron chi connectivity index (χ0n) is 14.3. The molecule has 2 aliphatic rings. The zero-order valence-corrected chi connectivity index (χ0v) is 14.3. The van der Waals surface area contributed by atoms with E-state index in [0.717, 1.165) is 31.6 Å². The van der Waals surface area contributed by atoms with Crippen molar-refractivity contribution in [2.75, 3.05) is 38.1 Å². The molecule has 2 fully saturated rings.